The highest BCUT2D eigenvalue weighted by Crippen LogP contribution is 2.41. The molecule has 0 saturated heterocycles. The number of rotatable bonds is 6. The molecule has 7 heteroatoms. The van der Waals surface area contributed by atoms with Crippen molar-refractivity contribution in [3.05, 3.63) is 117 Å². The average Bonchev–Trinajstić information content (AvgIpc) is 3.42. The fraction of sp³-hybridized carbons (Fsp3) is 0.111. The van der Waals surface area contributed by atoms with Gasteiger partial charge in [-0.25, -0.2) is 4.79 Å². The lowest BCUT2D eigenvalue weighted by molar-refractivity contribution is -0.132. The summed E-state index contributed by atoms with van der Waals surface area (Å²) in [6.45, 7) is 0.530. The zero-order chi connectivity index (χ0) is 23.7. The fourth-order valence-corrected chi connectivity index (χ4v) is 5.66. The van der Waals surface area contributed by atoms with E-state index in [2.05, 4.69) is 5.32 Å². The van der Waals surface area contributed by atoms with E-state index in [1.54, 1.807) is 12.1 Å². The molecule has 0 fully saturated rings. The SMILES string of the molecule is O=C(O)C1=C(NC(=O)c2cc3ccccc3n2Cc2ccccc2)SCC1c1ccc(Cl)cc1. The van der Waals surface area contributed by atoms with E-state index in [1.165, 1.54) is 11.8 Å². The normalized spacial score (nSPS) is 15.6. The van der Waals surface area contributed by atoms with Crippen LogP contribution in [0, 0.1) is 0 Å². The van der Waals surface area contributed by atoms with Gasteiger partial charge in [-0.15, -0.1) is 11.8 Å². The Kier molecular flexibility index (Phi) is 6.18. The van der Waals surface area contributed by atoms with Crippen molar-refractivity contribution in [3.63, 3.8) is 0 Å². The molecule has 2 heterocycles. The van der Waals surface area contributed by atoms with Crippen molar-refractivity contribution >= 4 is 46.1 Å². The Hall–Kier alpha value is -3.48. The number of aromatic nitrogens is 1. The second-order valence-corrected chi connectivity index (χ2v) is 9.54. The fourth-order valence-electron chi connectivity index (χ4n) is 4.30. The predicted molar refractivity (Wildman–Crippen MR) is 136 cm³/mol. The monoisotopic (exact) mass is 488 g/mol. The van der Waals surface area contributed by atoms with Crippen molar-refractivity contribution in [2.24, 2.45) is 0 Å². The van der Waals surface area contributed by atoms with E-state index in [0.717, 1.165) is 22.0 Å². The molecule has 170 valence electrons. The molecule has 1 aliphatic heterocycles. The zero-order valence-corrected chi connectivity index (χ0v) is 19.6. The molecule has 0 radical (unpaired) electrons. The Morgan fingerprint density at radius 2 is 1.71 bits per heavy atom. The van der Waals surface area contributed by atoms with Crippen molar-refractivity contribution in [1.82, 2.24) is 9.88 Å². The van der Waals surface area contributed by atoms with E-state index < -0.39 is 5.97 Å². The Labute approximate surface area is 206 Å². The van der Waals surface area contributed by atoms with Crippen LogP contribution in [0.15, 0.2) is 95.5 Å². The lowest BCUT2D eigenvalue weighted by Gasteiger charge is -2.13. The number of hydrogen-bond acceptors (Lipinski definition) is 3. The maximum absolute atomic E-state index is 13.4. The van der Waals surface area contributed by atoms with E-state index in [-0.39, 0.29) is 17.4 Å². The third-order valence-electron chi connectivity index (χ3n) is 5.94. The number of amides is 1. The number of para-hydroxylation sites is 1. The van der Waals surface area contributed by atoms with Gasteiger partial charge in [0.25, 0.3) is 5.91 Å². The van der Waals surface area contributed by atoms with Gasteiger partial charge in [0.1, 0.15) is 5.69 Å². The van der Waals surface area contributed by atoms with E-state index in [1.807, 2.05) is 77.4 Å². The van der Waals surface area contributed by atoms with Crippen molar-refractivity contribution in [2.45, 2.75) is 12.5 Å². The van der Waals surface area contributed by atoms with Crippen LogP contribution in [-0.4, -0.2) is 27.3 Å². The molecule has 0 spiro atoms. The molecule has 5 rings (SSSR count). The van der Waals surface area contributed by atoms with Gasteiger partial charge in [-0.3, -0.25) is 4.79 Å². The van der Waals surface area contributed by atoms with Gasteiger partial charge in [0.15, 0.2) is 0 Å². The number of halogens is 1. The largest absolute Gasteiger partial charge is 0.478 e. The molecule has 1 unspecified atom stereocenters. The maximum Gasteiger partial charge on any atom is 0.334 e. The molecule has 1 aliphatic rings. The van der Waals surface area contributed by atoms with Gasteiger partial charge >= 0.3 is 5.97 Å². The highest BCUT2D eigenvalue weighted by atomic mass is 35.5. The number of aliphatic carboxylic acids is 1. The number of carboxylic acids is 1. The molecule has 0 bridgehead atoms. The molecule has 1 aromatic heterocycles. The summed E-state index contributed by atoms with van der Waals surface area (Å²) in [5.41, 5.74) is 3.56. The van der Waals surface area contributed by atoms with Crippen LogP contribution in [-0.2, 0) is 11.3 Å². The van der Waals surface area contributed by atoms with Crippen LogP contribution in [0.2, 0.25) is 5.02 Å². The second kappa shape index (κ2) is 9.41. The van der Waals surface area contributed by atoms with Crippen LogP contribution >= 0.6 is 23.4 Å². The predicted octanol–water partition coefficient (Wildman–Crippen LogP) is 5.90. The molecule has 0 saturated carbocycles. The van der Waals surface area contributed by atoms with Gasteiger partial charge < -0.3 is 15.0 Å². The zero-order valence-electron chi connectivity index (χ0n) is 18.1. The van der Waals surface area contributed by atoms with Crippen molar-refractivity contribution < 1.29 is 14.7 Å². The summed E-state index contributed by atoms with van der Waals surface area (Å²) < 4.78 is 1.97. The van der Waals surface area contributed by atoms with Crippen LogP contribution in [0.3, 0.4) is 0 Å². The first-order valence-electron chi connectivity index (χ1n) is 10.8. The van der Waals surface area contributed by atoms with E-state index >= 15 is 0 Å². The van der Waals surface area contributed by atoms with Crippen molar-refractivity contribution in [1.29, 1.82) is 0 Å². The van der Waals surface area contributed by atoms with Crippen LogP contribution < -0.4 is 5.32 Å². The minimum absolute atomic E-state index is 0.200. The number of hydrogen-bond donors (Lipinski definition) is 2. The second-order valence-electron chi connectivity index (χ2n) is 8.08. The maximum atomic E-state index is 13.4. The molecule has 4 aromatic rings. The standard InChI is InChI=1S/C27H21ClN2O3S/c28-20-12-10-18(11-13-20)21-16-34-26(24(21)27(32)33)29-25(31)23-14-19-8-4-5-9-22(19)30(23)15-17-6-2-1-3-7-17/h1-14,21H,15-16H2,(H,29,31)(H,32,33). The molecule has 5 nitrogen and oxygen atoms in total. The lowest BCUT2D eigenvalue weighted by Crippen LogP contribution is -2.26. The topological polar surface area (TPSA) is 71.3 Å². The van der Waals surface area contributed by atoms with Crippen LogP contribution in [0.4, 0.5) is 0 Å². The Morgan fingerprint density at radius 3 is 2.44 bits per heavy atom. The first-order chi connectivity index (χ1) is 16.5. The highest BCUT2D eigenvalue weighted by Gasteiger charge is 2.34. The minimum atomic E-state index is -1.04. The molecule has 1 amide bonds. The van der Waals surface area contributed by atoms with E-state index in [4.69, 9.17) is 11.6 Å². The minimum Gasteiger partial charge on any atom is -0.478 e. The molecule has 0 aliphatic carbocycles. The van der Waals surface area contributed by atoms with Crippen LogP contribution in [0.5, 0.6) is 0 Å². The van der Waals surface area contributed by atoms with Crippen LogP contribution in [0.1, 0.15) is 27.5 Å². The summed E-state index contributed by atoms with van der Waals surface area (Å²) in [5, 5.41) is 14.8. The number of thioether (sulfide) groups is 1. The van der Waals surface area contributed by atoms with Gasteiger partial charge in [0.05, 0.1) is 10.6 Å². The number of fused-ring (bicyclic) bond motifs is 1. The third-order valence-corrected chi connectivity index (χ3v) is 7.31. The van der Waals surface area contributed by atoms with Gasteiger partial charge in [-0.1, -0.05) is 72.3 Å². The van der Waals surface area contributed by atoms with E-state index in [9.17, 15) is 14.7 Å². The van der Waals surface area contributed by atoms with Gasteiger partial charge in [0.2, 0.25) is 0 Å². The smallest absolute Gasteiger partial charge is 0.334 e. The molecule has 2 N–H and O–H groups in total. The lowest BCUT2D eigenvalue weighted by atomic mass is 9.93. The summed E-state index contributed by atoms with van der Waals surface area (Å²) in [6.07, 6.45) is 0. The molecule has 1 atom stereocenters. The van der Waals surface area contributed by atoms with Crippen LogP contribution in [0.25, 0.3) is 10.9 Å². The van der Waals surface area contributed by atoms with Gasteiger partial charge in [0, 0.05) is 34.1 Å². The molecule has 3 aromatic carbocycles. The Morgan fingerprint density at radius 1 is 1.00 bits per heavy atom. The third kappa shape index (κ3) is 4.34. The Balaban J connectivity index is 1.50. The number of nitrogens with one attached hydrogen (secondary N) is 1. The van der Waals surface area contributed by atoms with Gasteiger partial charge in [-0.2, -0.15) is 0 Å². The number of carboxylic acid groups (broad SMARTS) is 1. The summed E-state index contributed by atoms with van der Waals surface area (Å²) >= 11 is 7.35. The highest BCUT2D eigenvalue weighted by molar-refractivity contribution is 8.03. The summed E-state index contributed by atoms with van der Waals surface area (Å²) in [5.74, 6) is -1.16. The molecule has 34 heavy (non-hydrogen) atoms. The summed E-state index contributed by atoms with van der Waals surface area (Å²) in [6, 6.07) is 26.8. The first-order valence-corrected chi connectivity index (χ1v) is 12.2. The average molecular weight is 489 g/mol. The first kappa shape index (κ1) is 22.3. The number of nitrogens with zero attached hydrogens (tertiary/aromatic N) is 1. The van der Waals surface area contributed by atoms with Crippen molar-refractivity contribution in [3.8, 4) is 0 Å². The number of carbonyl (C=O) groups excluding carboxylic acids is 1. The summed E-state index contributed by atoms with van der Waals surface area (Å²) in [4.78, 5) is 25.6. The molecular formula is C27H21ClN2O3S. The van der Waals surface area contributed by atoms with E-state index in [0.29, 0.717) is 28.0 Å². The number of carbonyl (C=O) groups is 2. The summed E-state index contributed by atoms with van der Waals surface area (Å²) in [7, 11) is 0. The number of benzene rings is 3. The molecular weight excluding hydrogens is 468 g/mol. The van der Waals surface area contributed by atoms with Crippen molar-refractivity contribution in [2.75, 3.05) is 5.75 Å². The Bertz CT molecular complexity index is 1410. The van der Waals surface area contributed by atoms with Gasteiger partial charge in [-0.05, 0) is 35.4 Å². The quantitative estimate of drug-likeness (QED) is 0.354.